The van der Waals surface area contributed by atoms with Crippen molar-refractivity contribution in [2.75, 3.05) is 18.4 Å². The second-order valence-corrected chi connectivity index (χ2v) is 6.64. The van der Waals surface area contributed by atoms with Crippen LogP contribution in [0, 0.1) is 11.7 Å². The van der Waals surface area contributed by atoms with Crippen molar-refractivity contribution >= 4 is 17.5 Å². The first-order valence-corrected chi connectivity index (χ1v) is 8.77. The molecule has 0 unspecified atom stereocenters. The third kappa shape index (κ3) is 4.68. The summed E-state index contributed by atoms with van der Waals surface area (Å²) in [4.78, 5) is 26.4. The highest BCUT2D eigenvalue weighted by Gasteiger charge is 2.31. The predicted octanol–water partition coefficient (Wildman–Crippen LogP) is 4.34. The average Bonchev–Trinajstić information content (AvgIpc) is 2.68. The third-order valence-electron chi connectivity index (χ3n) is 4.70. The molecule has 0 aromatic heterocycles. The molecule has 2 aromatic rings. The maximum absolute atomic E-state index is 13.0. The van der Waals surface area contributed by atoms with Crippen molar-refractivity contribution in [1.82, 2.24) is 4.90 Å². The van der Waals surface area contributed by atoms with Gasteiger partial charge in [0, 0.05) is 30.3 Å². The molecule has 1 heterocycles. The van der Waals surface area contributed by atoms with Gasteiger partial charge in [0.15, 0.2) is 0 Å². The molecule has 0 saturated carbocycles. The van der Waals surface area contributed by atoms with E-state index < -0.39 is 23.5 Å². The number of rotatable bonds is 3. The number of amides is 2. The molecule has 4 nitrogen and oxygen atoms in total. The van der Waals surface area contributed by atoms with E-state index in [1.165, 1.54) is 36.4 Å². The summed E-state index contributed by atoms with van der Waals surface area (Å²) < 4.78 is 51.3. The molecule has 0 bridgehead atoms. The molecule has 1 fully saturated rings. The number of likely N-dealkylation sites (tertiary alicyclic amines) is 1. The fraction of sp³-hybridized carbons (Fsp3) is 0.300. The number of hydrogen-bond donors (Lipinski definition) is 1. The first kappa shape index (κ1) is 19.9. The lowest BCUT2D eigenvalue weighted by Crippen LogP contribution is -2.41. The standard InChI is InChI=1S/C20H18F4N2O2/c21-16-6-4-14(5-7-16)19(28)26-10-8-13(9-11-26)18(27)25-17-3-1-2-15(12-17)20(22,23)24/h1-7,12-13H,8-11H2,(H,25,27). The quantitative estimate of drug-likeness (QED) is 0.788. The molecule has 0 spiro atoms. The lowest BCUT2D eigenvalue weighted by atomic mass is 9.95. The molecule has 28 heavy (non-hydrogen) atoms. The van der Waals surface area contributed by atoms with Gasteiger partial charge in [-0.15, -0.1) is 0 Å². The SMILES string of the molecule is O=C(Nc1cccc(C(F)(F)F)c1)C1CCN(C(=O)c2ccc(F)cc2)CC1. The maximum Gasteiger partial charge on any atom is 0.416 e. The molecule has 1 N–H and O–H groups in total. The van der Waals surface area contributed by atoms with Crippen LogP contribution in [0.1, 0.15) is 28.8 Å². The zero-order chi connectivity index (χ0) is 20.3. The predicted molar refractivity (Wildman–Crippen MR) is 95.1 cm³/mol. The highest BCUT2D eigenvalue weighted by Crippen LogP contribution is 2.31. The Hall–Kier alpha value is -2.90. The molecule has 3 rings (SSSR count). The summed E-state index contributed by atoms with van der Waals surface area (Å²) in [7, 11) is 0. The number of nitrogens with zero attached hydrogens (tertiary/aromatic N) is 1. The van der Waals surface area contributed by atoms with E-state index in [1.54, 1.807) is 4.90 Å². The van der Waals surface area contributed by atoms with Crippen LogP contribution in [0.2, 0.25) is 0 Å². The largest absolute Gasteiger partial charge is 0.416 e. The van der Waals surface area contributed by atoms with Gasteiger partial charge in [-0.3, -0.25) is 9.59 Å². The van der Waals surface area contributed by atoms with E-state index in [2.05, 4.69) is 5.32 Å². The molecule has 2 aromatic carbocycles. The van der Waals surface area contributed by atoms with Crippen molar-refractivity contribution in [2.45, 2.75) is 19.0 Å². The minimum absolute atomic E-state index is 0.0876. The molecule has 0 aliphatic carbocycles. The Morgan fingerprint density at radius 3 is 2.25 bits per heavy atom. The van der Waals surface area contributed by atoms with Gasteiger partial charge in [-0.2, -0.15) is 13.2 Å². The summed E-state index contributed by atoms with van der Waals surface area (Å²) in [5.41, 5.74) is -0.372. The Morgan fingerprint density at radius 2 is 1.64 bits per heavy atom. The lowest BCUT2D eigenvalue weighted by Gasteiger charge is -2.31. The van der Waals surface area contributed by atoms with Gasteiger partial charge in [-0.05, 0) is 55.3 Å². The fourth-order valence-corrected chi connectivity index (χ4v) is 3.14. The second-order valence-electron chi connectivity index (χ2n) is 6.64. The number of carbonyl (C=O) groups excluding carboxylic acids is 2. The summed E-state index contributed by atoms with van der Waals surface area (Å²) in [6, 6.07) is 9.71. The monoisotopic (exact) mass is 394 g/mol. The number of hydrogen-bond acceptors (Lipinski definition) is 2. The molecule has 8 heteroatoms. The third-order valence-corrected chi connectivity index (χ3v) is 4.70. The summed E-state index contributed by atoms with van der Waals surface area (Å²) in [6.45, 7) is 0.688. The molecular formula is C20H18F4N2O2. The Labute approximate surface area is 159 Å². The normalized spacial score (nSPS) is 15.4. The van der Waals surface area contributed by atoms with Crippen molar-refractivity contribution < 1.29 is 27.2 Å². The number of nitrogens with one attached hydrogen (secondary N) is 1. The number of anilines is 1. The smallest absolute Gasteiger partial charge is 0.339 e. The molecule has 148 valence electrons. The molecule has 0 atom stereocenters. The average molecular weight is 394 g/mol. The Kier molecular flexibility index (Phi) is 5.67. The first-order chi connectivity index (χ1) is 13.2. The molecule has 1 aliphatic heterocycles. The van der Waals surface area contributed by atoms with Crippen LogP contribution in [0.15, 0.2) is 48.5 Å². The number of carbonyl (C=O) groups is 2. The zero-order valence-corrected chi connectivity index (χ0v) is 14.8. The van der Waals surface area contributed by atoms with Crippen LogP contribution in [0.5, 0.6) is 0 Å². The van der Waals surface area contributed by atoms with Crippen molar-refractivity contribution in [3.63, 3.8) is 0 Å². The molecule has 0 radical (unpaired) electrons. The zero-order valence-electron chi connectivity index (χ0n) is 14.8. The van der Waals surface area contributed by atoms with E-state index in [9.17, 15) is 27.2 Å². The molecular weight excluding hydrogens is 376 g/mol. The molecule has 2 amide bonds. The molecule has 1 saturated heterocycles. The van der Waals surface area contributed by atoms with E-state index in [-0.39, 0.29) is 17.5 Å². The van der Waals surface area contributed by atoms with Gasteiger partial charge in [-0.1, -0.05) is 6.07 Å². The van der Waals surface area contributed by atoms with Gasteiger partial charge in [-0.25, -0.2) is 4.39 Å². The van der Waals surface area contributed by atoms with E-state index in [4.69, 9.17) is 0 Å². The van der Waals surface area contributed by atoms with Crippen molar-refractivity contribution in [1.29, 1.82) is 0 Å². The van der Waals surface area contributed by atoms with E-state index >= 15 is 0 Å². The minimum atomic E-state index is -4.48. The van der Waals surface area contributed by atoms with Gasteiger partial charge in [0.1, 0.15) is 5.82 Å². The maximum atomic E-state index is 13.0. The topological polar surface area (TPSA) is 49.4 Å². The second kappa shape index (κ2) is 8.00. The first-order valence-electron chi connectivity index (χ1n) is 8.77. The Morgan fingerprint density at radius 1 is 1.00 bits per heavy atom. The van der Waals surface area contributed by atoms with E-state index in [0.717, 1.165) is 12.1 Å². The van der Waals surface area contributed by atoms with Crippen molar-refractivity contribution in [3.05, 3.63) is 65.5 Å². The number of benzene rings is 2. The van der Waals surface area contributed by atoms with Gasteiger partial charge in [0.25, 0.3) is 5.91 Å². The molecule has 1 aliphatic rings. The van der Waals surface area contributed by atoms with Gasteiger partial charge in [0.2, 0.25) is 5.91 Å². The van der Waals surface area contributed by atoms with Crippen LogP contribution in [0.3, 0.4) is 0 Å². The summed E-state index contributed by atoms with van der Waals surface area (Å²) in [5.74, 6) is -1.43. The van der Waals surface area contributed by atoms with Crippen molar-refractivity contribution in [2.24, 2.45) is 5.92 Å². The van der Waals surface area contributed by atoms with Gasteiger partial charge < -0.3 is 10.2 Å². The van der Waals surface area contributed by atoms with Crippen LogP contribution in [-0.2, 0) is 11.0 Å². The lowest BCUT2D eigenvalue weighted by molar-refractivity contribution is -0.137. The minimum Gasteiger partial charge on any atom is -0.339 e. The summed E-state index contributed by atoms with van der Waals surface area (Å²) in [5, 5.41) is 2.52. The number of alkyl halides is 3. The number of halogens is 4. The van der Waals surface area contributed by atoms with Crippen LogP contribution < -0.4 is 5.32 Å². The summed E-state index contributed by atoms with van der Waals surface area (Å²) >= 11 is 0. The number of piperidine rings is 1. The van der Waals surface area contributed by atoms with E-state index in [1.807, 2.05) is 0 Å². The van der Waals surface area contributed by atoms with Crippen LogP contribution in [0.4, 0.5) is 23.2 Å². The van der Waals surface area contributed by atoms with Crippen molar-refractivity contribution in [3.8, 4) is 0 Å². The Bertz CT molecular complexity index is 857. The van der Waals surface area contributed by atoms with Gasteiger partial charge >= 0.3 is 6.18 Å². The van der Waals surface area contributed by atoms with Crippen LogP contribution in [-0.4, -0.2) is 29.8 Å². The van der Waals surface area contributed by atoms with Crippen LogP contribution in [0.25, 0.3) is 0 Å². The van der Waals surface area contributed by atoms with E-state index in [0.29, 0.717) is 31.5 Å². The Balaban J connectivity index is 1.57. The van der Waals surface area contributed by atoms with Crippen LogP contribution >= 0.6 is 0 Å². The fourth-order valence-electron chi connectivity index (χ4n) is 3.14. The highest BCUT2D eigenvalue weighted by molar-refractivity contribution is 5.95. The van der Waals surface area contributed by atoms with Gasteiger partial charge in [0.05, 0.1) is 5.56 Å². The highest BCUT2D eigenvalue weighted by atomic mass is 19.4. The summed E-state index contributed by atoms with van der Waals surface area (Å²) in [6.07, 6.45) is -3.68.